The third-order valence-electron chi connectivity index (χ3n) is 2.72. The van der Waals surface area contributed by atoms with Crippen LogP contribution in [0.3, 0.4) is 0 Å². The Bertz CT molecular complexity index is 352. The van der Waals surface area contributed by atoms with Crippen LogP contribution in [0, 0.1) is 0 Å². The van der Waals surface area contributed by atoms with Gasteiger partial charge in [-0.2, -0.15) is 11.3 Å². The van der Waals surface area contributed by atoms with Crippen LogP contribution in [0.5, 0.6) is 0 Å². The van der Waals surface area contributed by atoms with Gasteiger partial charge in [-0.1, -0.05) is 0 Å². The summed E-state index contributed by atoms with van der Waals surface area (Å²) in [5, 5.41) is 16.3. The van der Waals surface area contributed by atoms with Gasteiger partial charge in [-0.05, 0) is 49.1 Å². The van der Waals surface area contributed by atoms with Gasteiger partial charge < -0.3 is 15.3 Å². The molecule has 4 nitrogen and oxygen atoms in total. The zero-order chi connectivity index (χ0) is 13.5. The van der Waals surface area contributed by atoms with Crippen molar-refractivity contribution >= 4 is 17.4 Å². The molecule has 2 amide bonds. The Morgan fingerprint density at radius 3 is 2.83 bits per heavy atom. The van der Waals surface area contributed by atoms with E-state index >= 15 is 0 Å². The molecule has 1 heterocycles. The summed E-state index contributed by atoms with van der Waals surface area (Å²) in [5.41, 5.74) is 1.25. The average Bonchev–Trinajstić information content (AvgIpc) is 2.78. The van der Waals surface area contributed by atoms with E-state index in [9.17, 15) is 9.90 Å². The molecule has 0 aliphatic rings. The van der Waals surface area contributed by atoms with Crippen LogP contribution in [-0.2, 0) is 6.42 Å². The van der Waals surface area contributed by atoms with Gasteiger partial charge >= 0.3 is 6.03 Å². The van der Waals surface area contributed by atoms with E-state index in [1.807, 2.05) is 12.3 Å². The van der Waals surface area contributed by atoms with Crippen molar-refractivity contribution in [1.82, 2.24) is 10.2 Å². The number of aliphatic hydroxyl groups is 1. The van der Waals surface area contributed by atoms with Crippen molar-refractivity contribution in [2.75, 3.05) is 13.6 Å². The largest absolute Gasteiger partial charge is 0.393 e. The third kappa shape index (κ3) is 5.51. The summed E-state index contributed by atoms with van der Waals surface area (Å²) in [6.07, 6.45) is 1.07. The summed E-state index contributed by atoms with van der Waals surface area (Å²) in [6, 6.07) is 2.10. The molecule has 0 spiro atoms. The predicted molar refractivity (Wildman–Crippen MR) is 74.9 cm³/mol. The Labute approximate surface area is 113 Å². The number of carbonyl (C=O) groups is 1. The monoisotopic (exact) mass is 270 g/mol. The number of aliphatic hydroxyl groups excluding tert-OH is 1. The second-order valence-corrected chi connectivity index (χ2v) is 5.53. The highest BCUT2D eigenvalue weighted by molar-refractivity contribution is 7.07. The molecule has 0 aliphatic carbocycles. The van der Waals surface area contributed by atoms with Crippen LogP contribution < -0.4 is 5.32 Å². The SMILES string of the molecule is C[C@H](O)CCN(C)C(=O)N[C@H](C)Cc1ccsc1. The Morgan fingerprint density at radius 2 is 2.28 bits per heavy atom. The fourth-order valence-corrected chi connectivity index (χ4v) is 2.30. The van der Waals surface area contributed by atoms with Gasteiger partial charge in [0.1, 0.15) is 0 Å². The van der Waals surface area contributed by atoms with Gasteiger partial charge in [0.2, 0.25) is 0 Å². The van der Waals surface area contributed by atoms with Crippen molar-refractivity contribution in [3.8, 4) is 0 Å². The standard InChI is InChI=1S/C13H22N2O2S/c1-10(8-12-5-7-18-9-12)14-13(17)15(3)6-4-11(2)16/h5,7,9-11,16H,4,6,8H2,1-3H3,(H,14,17)/t10-,11+/m1/s1. The molecule has 2 N–H and O–H groups in total. The van der Waals surface area contributed by atoms with E-state index in [1.165, 1.54) is 5.56 Å². The lowest BCUT2D eigenvalue weighted by molar-refractivity contribution is 0.162. The molecule has 102 valence electrons. The number of nitrogens with one attached hydrogen (secondary N) is 1. The molecule has 0 saturated carbocycles. The topological polar surface area (TPSA) is 52.6 Å². The Kier molecular flexibility index (Phi) is 6.15. The van der Waals surface area contributed by atoms with E-state index in [4.69, 9.17) is 0 Å². The lowest BCUT2D eigenvalue weighted by Gasteiger charge is -2.21. The minimum Gasteiger partial charge on any atom is -0.393 e. The van der Waals surface area contributed by atoms with Crippen molar-refractivity contribution in [2.24, 2.45) is 0 Å². The van der Waals surface area contributed by atoms with E-state index in [1.54, 1.807) is 30.2 Å². The average molecular weight is 270 g/mol. The van der Waals surface area contributed by atoms with Crippen LogP contribution in [-0.4, -0.2) is 41.8 Å². The quantitative estimate of drug-likeness (QED) is 0.831. The smallest absolute Gasteiger partial charge is 0.317 e. The molecule has 2 atom stereocenters. The van der Waals surface area contributed by atoms with E-state index < -0.39 is 0 Å². The molecule has 0 unspecified atom stereocenters. The maximum atomic E-state index is 11.8. The molecular weight excluding hydrogens is 248 g/mol. The first kappa shape index (κ1) is 15.0. The summed E-state index contributed by atoms with van der Waals surface area (Å²) in [5.74, 6) is 0. The molecule has 0 aromatic carbocycles. The highest BCUT2D eigenvalue weighted by Crippen LogP contribution is 2.08. The molecule has 1 aromatic heterocycles. The summed E-state index contributed by atoms with van der Waals surface area (Å²) in [6.45, 7) is 4.29. The first-order valence-electron chi connectivity index (χ1n) is 6.19. The molecule has 18 heavy (non-hydrogen) atoms. The lowest BCUT2D eigenvalue weighted by atomic mass is 10.1. The van der Waals surface area contributed by atoms with Crippen LogP contribution in [0.2, 0.25) is 0 Å². The van der Waals surface area contributed by atoms with E-state index in [-0.39, 0.29) is 18.2 Å². The van der Waals surface area contributed by atoms with Gasteiger partial charge in [0.05, 0.1) is 6.10 Å². The van der Waals surface area contributed by atoms with Crippen LogP contribution in [0.1, 0.15) is 25.8 Å². The predicted octanol–water partition coefficient (Wildman–Crippen LogP) is 2.09. The molecule has 5 heteroatoms. The Hall–Kier alpha value is -1.07. The van der Waals surface area contributed by atoms with Crippen LogP contribution in [0.15, 0.2) is 16.8 Å². The van der Waals surface area contributed by atoms with Crippen molar-refractivity contribution in [2.45, 2.75) is 38.8 Å². The van der Waals surface area contributed by atoms with Crippen molar-refractivity contribution in [3.05, 3.63) is 22.4 Å². The molecule has 0 aliphatic heterocycles. The molecule has 1 aromatic rings. The second-order valence-electron chi connectivity index (χ2n) is 4.75. The van der Waals surface area contributed by atoms with Gasteiger partial charge in [0.25, 0.3) is 0 Å². The van der Waals surface area contributed by atoms with Crippen LogP contribution in [0.25, 0.3) is 0 Å². The number of hydrogen-bond donors (Lipinski definition) is 2. The van der Waals surface area contributed by atoms with Crippen molar-refractivity contribution < 1.29 is 9.90 Å². The molecule has 0 saturated heterocycles. The summed E-state index contributed by atoms with van der Waals surface area (Å²) >= 11 is 1.67. The van der Waals surface area contributed by atoms with Gasteiger partial charge in [-0.25, -0.2) is 4.79 Å². The Balaban J connectivity index is 2.30. The minimum absolute atomic E-state index is 0.0848. The van der Waals surface area contributed by atoms with Crippen LogP contribution in [0.4, 0.5) is 4.79 Å². The number of rotatable bonds is 6. The fourth-order valence-electron chi connectivity index (χ4n) is 1.62. The van der Waals surface area contributed by atoms with Crippen LogP contribution >= 0.6 is 11.3 Å². The number of nitrogens with zero attached hydrogens (tertiary/aromatic N) is 1. The maximum absolute atomic E-state index is 11.8. The molecule has 1 rings (SSSR count). The zero-order valence-corrected chi connectivity index (χ0v) is 12.0. The highest BCUT2D eigenvalue weighted by atomic mass is 32.1. The highest BCUT2D eigenvalue weighted by Gasteiger charge is 2.12. The summed E-state index contributed by atoms with van der Waals surface area (Å²) in [4.78, 5) is 13.4. The number of hydrogen-bond acceptors (Lipinski definition) is 3. The molecular formula is C13H22N2O2S. The fraction of sp³-hybridized carbons (Fsp3) is 0.615. The number of thiophene rings is 1. The maximum Gasteiger partial charge on any atom is 0.317 e. The van der Waals surface area contributed by atoms with E-state index in [0.29, 0.717) is 13.0 Å². The summed E-state index contributed by atoms with van der Waals surface area (Å²) in [7, 11) is 1.75. The lowest BCUT2D eigenvalue weighted by Crippen LogP contribution is -2.43. The van der Waals surface area contributed by atoms with Crippen molar-refractivity contribution in [3.63, 3.8) is 0 Å². The van der Waals surface area contributed by atoms with Gasteiger partial charge in [0.15, 0.2) is 0 Å². The second kappa shape index (κ2) is 7.38. The molecule has 0 fully saturated rings. The van der Waals surface area contributed by atoms with Gasteiger partial charge in [-0.15, -0.1) is 0 Å². The van der Waals surface area contributed by atoms with Gasteiger partial charge in [0, 0.05) is 19.6 Å². The number of carbonyl (C=O) groups excluding carboxylic acids is 1. The van der Waals surface area contributed by atoms with Crippen molar-refractivity contribution in [1.29, 1.82) is 0 Å². The number of amides is 2. The zero-order valence-electron chi connectivity index (χ0n) is 11.2. The first-order chi connectivity index (χ1) is 8.49. The van der Waals surface area contributed by atoms with Gasteiger partial charge in [-0.3, -0.25) is 0 Å². The normalized spacial score (nSPS) is 14.0. The third-order valence-corrected chi connectivity index (χ3v) is 3.45. The molecule has 0 radical (unpaired) electrons. The summed E-state index contributed by atoms with van der Waals surface area (Å²) < 4.78 is 0. The molecule has 0 bridgehead atoms. The first-order valence-corrected chi connectivity index (χ1v) is 7.14. The minimum atomic E-state index is -0.372. The van der Waals surface area contributed by atoms with E-state index in [2.05, 4.69) is 16.8 Å². The number of urea groups is 1. The Morgan fingerprint density at radius 1 is 1.56 bits per heavy atom. The van der Waals surface area contributed by atoms with E-state index in [0.717, 1.165) is 6.42 Å².